The van der Waals surface area contributed by atoms with Crippen LogP contribution < -0.4 is 5.32 Å². The maximum absolute atomic E-state index is 12.5. The molecule has 0 saturated carbocycles. The first-order chi connectivity index (χ1) is 13.7. The van der Waals surface area contributed by atoms with E-state index < -0.39 is 10.0 Å². The van der Waals surface area contributed by atoms with E-state index in [1.807, 2.05) is 38.1 Å². The summed E-state index contributed by atoms with van der Waals surface area (Å²) in [5, 5.41) is 3.82. The third-order valence-electron chi connectivity index (χ3n) is 4.57. The molecule has 8 heteroatoms. The molecule has 0 aliphatic carbocycles. The number of sulfonamides is 1. The molecule has 0 fully saturated rings. The summed E-state index contributed by atoms with van der Waals surface area (Å²) in [6, 6.07) is 14.0. The standard InChI is InChI=1S/C21H23N3O3S2/c1-14-7-5-6-8-18(14)21-23-15(2)19(28-21)13-22-20(25)16-9-11-17(12-10-16)29(26,27)24(3)4/h5-12H,13H2,1-4H3,(H,22,25). The average Bonchev–Trinajstić information content (AvgIpc) is 3.06. The highest BCUT2D eigenvalue weighted by atomic mass is 32.2. The van der Waals surface area contributed by atoms with Crippen molar-refractivity contribution in [1.82, 2.24) is 14.6 Å². The summed E-state index contributed by atoms with van der Waals surface area (Å²) >= 11 is 1.56. The van der Waals surface area contributed by atoms with E-state index in [-0.39, 0.29) is 10.8 Å². The van der Waals surface area contributed by atoms with Crippen molar-refractivity contribution < 1.29 is 13.2 Å². The second kappa shape index (κ2) is 8.44. The summed E-state index contributed by atoms with van der Waals surface area (Å²) in [5.74, 6) is -0.260. The van der Waals surface area contributed by atoms with Crippen LogP contribution in [0.1, 0.15) is 26.5 Å². The van der Waals surface area contributed by atoms with Crippen LogP contribution >= 0.6 is 11.3 Å². The van der Waals surface area contributed by atoms with Gasteiger partial charge in [0.15, 0.2) is 0 Å². The molecule has 0 bridgehead atoms. The molecule has 0 aliphatic heterocycles. The van der Waals surface area contributed by atoms with E-state index in [0.29, 0.717) is 12.1 Å². The zero-order valence-electron chi connectivity index (χ0n) is 16.8. The van der Waals surface area contributed by atoms with Gasteiger partial charge in [-0.05, 0) is 43.7 Å². The third-order valence-corrected chi connectivity index (χ3v) is 7.59. The number of carbonyl (C=O) groups excluding carboxylic acids is 1. The highest BCUT2D eigenvalue weighted by Crippen LogP contribution is 2.30. The number of hydrogen-bond acceptors (Lipinski definition) is 5. The molecule has 2 aromatic carbocycles. The summed E-state index contributed by atoms with van der Waals surface area (Å²) in [4.78, 5) is 18.3. The second-order valence-electron chi connectivity index (χ2n) is 6.84. The van der Waals surface area contributed by atoms with Crippen LogP contribution in [-0.4, -0.2) is 37.7 Å². The molecule has 1 heterocycles. The minimum absolute atomic E-state index is 0.153. The fraction of sp³-hybridized carbons (Fsp3) is 0.238. The van der Waals surface area contributed by atoms with Crippen LogP contribution in [0, 0.1) is 13.8 Å². The lowest BCUT2D eigenvalue weighted by Gasteiger charge is -2.11. The number of benzene rings is 2. The SMILES string of the molecule is Cc1ccccc1-c1nc(C)c(CNC(=O)c2ccc(S(=O)(=O)N(C)C)cc2)s1. The van der Waals surface area contributed by atoms with Crippen molar-refractivity contribution in [2.45, 2.75) is 25.3 Å². The Labute approximate surface area is 175 Å². The Morgan fingerprint density at radius 3 is 2.34 bits per heavy atom. The number of aryl methyl sites for hydroxylation is 2. The molecule has 3 rings (SSSR count). The Hall–Kier alpha value is -2.55. The molecule has 0 atom stereocenters. The lowest BCUT2D eigenvalue weighted by Crippen LogP contribution is -2.24. The van der Waals surface area contributed by atoms with Crippen LogP contribution in [0.4, 0.5) is 0 Å². The monoisotopic (exact) mass is 429 g/mol. The number of carbonyl (C=O) groups is 1. The van der Waals surface area contributed by atoms with Gasteiger partial charge in [0, 0.05) is 30.1 Å². The maximum atomic E-state index is 12.5. The van der Waals surface area contributed by atoms with Crippen molar-refractivity contribution >= 4 is 27.3 Å². The van der Waals surface area contributed by atoms with Crippen LogP contribution in [0.3, 0.4) is 0 Å². The van der Waals surface area contributed by atoms with Crippen LogP contribution in [-0.2, 0) is 16.6 Å². The molecule has 0 radical (unpaired) electrons. The molecule has 1 N–H and O–H groups in total. The molecule has 0 unspecified atom stereocenters. The van der Waals surface area contributed by atoms with E-state index in [9.17, 15) is 13.2 Å². The predicted molar refractivity (Wildman–Crippen MR) is 116 cm³/mol. The van der Waals surface area contributed by atoms with Gasteiger partial charge in [-0.1, -0.05) is 24.3 Å². The molecule has 3 aromatic rings. The Kier molecular flexibility index (Phi) is 6.16. The largest absolute Gasteiger partial charge is 0.347 e. The van der Waals surface area contributed by atoms with Gasteiger partial charge < -0.3 is 5.32 Å². The highest BCUT2D eigenvalue weighted by Gasteiger charge is 2.18. The third kappa shape index (κ3) is 4.55. The quantitative estimate of drug-likeness (QED) is 0.649. The number of hydrogen-bond donors (Lipinski definition) is 1. The zero-order valence-corrected chi connectivity index (χ0v) is 18.4. The van der Waals surface area contributed by atoms with Crippen molar-refractivity contribution in [2.24, 2.45) is 0 Å². The van der Waals surface area contributed by atoms with E-state index >= 15 is 0 Å². The molecular formula is C21H23N3O3S2. The number of nitrogens with one attached hydrogen (secondary N) is 1. The Balaban J connectivity index is 1.71. The fourth-order valence-corrected chi connectivity index (χ4v) is 4.77. The van der Waals surface area contributed by atoms with Gasteiger partial charge in [0.1, 0.15) is 5.01 Å². The van der Waals surface area contributed by atoms with Gasteiger partial charge >= 0.3 is 0 Å². The summed E-state index contributed by atoms with van der Waals surface area (Å²) in [6.07, 6.45) is 0. The first-order valence-electron chi connectivity index (χ1n) is 9.03. The molecular weight excluding hydrogens is 406 g/mol. The van der Waals surface area contributed by atoms with Crippen molar-refractivity contribution in [3.63, 3.8) is 0 Å². The van der Waals surface area contributed by atoms with E-state index in [2.05, 4.69) is 10.3 Å². The van der Waals surface area contributed by atoms with Crippen molar-refractivity contribution in [3.05, 3.63) is 70.2 Å². The summed E-state index contributed by atoms with van der Waals surface area (Å²) in [6.45, 7) is 4.35. The lowest BCUT2D eigenvalue weighted by atomic mass is 10.1. The molecule has 29 heavy (non-hydrogen) atoms. The number of amides is 1. The first kappa shape index (κ1) is 21.2. The number of aromatic nitrogens is 1. The summed E-state index contributed by atoms with van der Waals surface area (Å²) in [5.41, 5.74) is 3.55. The molecule has 0 aliphatic rings. The minimum atomic E-state index is -3.51. The molecule has 6 nitrogen and oxygen atoms in total. The highest BCUT2D eigenvalue weighted by molar-refractivity contribution is 7.89. The average molecular weight is 430 g/mol. The van der Waals surface area contributed by atoms with E-state index in [0.717, 1.165) is 31.0 Å². The van der Waals surface area contributed by atoms with Crippen LogP contribution in [0.25, 0.3) is 10.6 Å². The minimum Gasteiger partial charge on any atom is -0.347 e. The normalized spacial score (nSPS) is 11.6. The van der Waals surface area contributed by atoms with Gasteiger partial charge in [0.05, 0.1) is 17.1 Å². The predicted octanol–water partition coefficient (Wildman–Crippen LogP) is 3.61. The van der Waals surface area contributed by atoms with Gasteiger partial charge in [0.2, 0.25) is 10.0 Å². The van der Waals surface area contributed by atoms with E-state index in [4.69, 9.17) is 0 Å². The number of thiazole rings is 1. The van der Waals surface area contributed by atoms with Gasteiger partial charge in [-0.3, -0.25) is 4.79 Å². The molecule has 0 spiro atoms. The zero-order chi connectivity index (χ0) is 21.2. The van der Waals surface area contributed by atoms with Gasteiger partial charge in [-0.25, -0.2) is 17.7 Å². The van der Waals surface area contributed by atoms with Gasteiger partial charge in [-0.2, -0.15) is 0 Å². The Morgan fingerprint density at radius 2 is 1.72 bits per heavy atom. The molecule has 152 valence electrons. The van der Waals surface area contributed by atoms with Crippen molar-refractivity contribution in [3.8, 4) is 10.6 Å². The lowest BCUT2D eigenvalue weighted by molar-refractivity contribution is 0.0951. The van der Waals surface area contributed by atoms with Crippen LogP contribution in [0.15, 0.2) is 53.4 Å². The molecule has 0 saturated heterocycles. The van der Waals surface area contributed by atoms with Gasteiger partial charge in [0.25, 0.3) is 5.91 Å². The van der Waals surface area contributed by atoms with Gasteiger partial charge in [-0.15, -0.1) is 11.3 Å². The fourth-order valence-electron chi connectivity index (χ4n) is 2.77. The first-order valence-corrected chi connectivity index (χ1v) is 11.3. The van der Waals surface area contributed by atoms with E-state index in [1.54, 1.807) is 11.3 Å². The van der Waals surface area contributed by atoms with Crippen molar-refractivity contribution in [2.75, 3.05) is 14.1 Å². The van der Waals surface area contributed by atoms with Crippen LogP contribution in [0.2, 0.25) is 0 Å². The number of nitrogens with zero attached hydrogens (tertiary/aromatic N) is 2. The van der Waals surface area contributed by atoms with E-state index in [1.165, 1.54) is 38.4 Å². The maximum Gasteiger partial charge on any atom is 0.251 e. The Morgan fingerprint density at radius 1 is 1.07 bits per heavy atom. The molecule has 1 amide bonds. The number of rotatable bonds is 6. The Bertz CT molecular complexity index is 1130. The van der Waals surface area contributed by atoms with Crippen molar-refractivity contribution in [1.29, 1.82) is 0 Å². The smallest absolute Gasteiger partial charge is 0.251 e. The second-order valence-corrected chi connectivity index (χ2v) is 10.1. The summed E-state index contributed by atoms with van der Waals surface area (Å²) < 4.78 is 25.4. The van der Waals surface area contributed by atoms with Crippen LogP contribution in [0.5, 0.6) is 0 Å². The topological polar surface area (TPSA) is 79.4 Å². The summed E-state index contributed by atoms with van der Waals surface area (Å²) in [7, 11) is -0.571. The molecule has 1 aromatic heterocycles.